The van der Waals surface area contributed by atoms with Gasteiger partial charge in [0.15, 0.2) is 0 Å². The van der Waals surface area contributed by atoms with E-state index in [-0.39, 0.29) is 10.9 Å². The van der Waals surface area contributed by atoms with Crippen molar-refractivity contribution >= 4 is 5.97 Å². The molecule has 0 N–H and O–H groups in total. The fourth-order valence-electron chi connectivity index (χ4n) is 2.38. The molecule has 0 saturated heterocycles. The molecule has 5 nitrogen and oxygen atoms in total. The molecule has 0 aromatic rings. The van der Waals surface area contributed by atoms with Gasteiger partial charge in [-0.2, -0.15) is 0 Å². The number of carbonyl (C=O) groups excluding carboxylic acids is 1. The summed E-state index contributed by atoms with van der Waals surface area (Å²) in [5.74, 6) is -0.156. The van der Waals surface area contributed by atoms with E-state index >= 15 is 0 Å². The molecule has 0 heterocycles. The number of esters is 1. The van der Waals surface area contributed by atoms with E-state index in [9.17, 15) is 14.9 Å². The lowest BCUT2D eigenvalue weighted by molar-refractivity contribution is -0.427. The zero-order valence-corrected chi connectivity index (χ0v) is 15.3. The predicted molar refractivity (Wildman–Crippen MR) is 97.3 cm³/mol. The normalized spacial score (nSPS) is 11.8. The summed E-state index contributed by atoms with van der Waals surface area (Å²) in [4.78, 5) is 21.7. The number of nitro groups is 1. The Labute approximate surface area is 146 Å². The van der Waals surface area contributed by atoms with Crippen LogP contribution >= 0.6 is 0 Å². The van der Waals surface area contributed by atoms with Gasteiger partial charge in [-0.3, -0.25) is 14.9 Å². The van der Waals surface area contributed by atoms with E-state index in [0.29, 0.717) is 18.5 Å². The van der Waals surface area contributed by atoms with Crippen LogP contribution in [0.1, 0.15) is 84.0 Å². The van der Waals surface area contributed by atoms with Crippen molar-refractivity contribution in [3.05, 3.63) is 34.0 Å². The minimum atomic E-state index is -0.271. The number of allylic oxidation sites excluding steroid dienone is 3. The summed E-state index contributed by atoms with van der Waals surface area (Å²) in [6.45, 7) is 2.16. The third-order valence-corrected chi connectivity index (χ3v) is 3.90. The summed E-state index contributed by atoms with van der Waals surface area (Å²) in [5, 5.41) is 11.0. The molecule has 0 aliphatic heterocycles. The van der Waals surface area contributed by atoms with Crippen LogP contribution in [-0.2, 0) is 9.53 Å². The summed E-state index contributed by atoms with van der Waals surface area (Å²) in [7, 11) is 1.40. The van der Waals surface area contributed by atoms with Gasteiger partial charge in [-0.1, -0.05) is 51.2 Å². The minimum Gasteiger partial charge on any atom is -0.469 e. The van der Waals surface area contributed by atoms with Gasteiger partial charge in [0.05, 0.1) is 18.5 Å². The Kier molecular flexibility index (Phi) is 15.1. The Hall–Kier alpha value is -1.65. The van der Waals surface area contributed by atoms with Gasteiger partial charge in [0.2, 0.25) is 5.70 Å². The summed E-state index contributed by atoms with van der Waals surface area (Å²) in [5.41, 5.74) is 0.299. The molecule has 0 spiro atoms. The molecule has 0 rings (SSSR count). The quantitative estimate of drug-likeness (QED) is 0.128. The highest BCUT2D eigenvalue weighted by Gasteiger charge is 2.07. The van der Waals surface area contributed by atoms with Gasteiger partial charge in [-0.25, -0.2) is 0 Å². The van der Waals surface area contributed by atoms with Crippen LogP contribution in [0.2, 0.25) is 0 Å². The Morgan fingerprint density at radius 1 is 1.00 bits per heavy atom. The van der Waals surface area contributed by atoms with E-state index in [0.717, 1.165) is 51.4 Å². The summed E-state index contributed by atoms with van der Waals surface area (Å²) < 4.78 is 4.59. The molecule has 0 aromatic carbocycles. The lowest BCUT2D eigenvalue weighted by Gasteiger charge is -2.00. The third kappa shape index (κ3) is 14.0. The number of hydrogen-bond acceptors (Lipinski definition) is 4. The van der Waals surface area contributed by atoms with Crippen LogP contribution in [0.15, 0.2) is 23.9 Å². The van der Waals surface area contributed by atoms with Crippen LogP contribution in [-0.4, -0.2) is 18.0 Å². The average Bonchev–Trinajstić information content (AvgIpc) is 2.57. The summed E-state index contributed by atoms with van der Waals surface area (Å²) >= 11 is 0. The first-order valence-corrected chi connectivity index (χ1v) is 9.17. The summed E-state index contributed by atoms with van der Waals surface area (Å²) in [6.07, 6.45) is 16.8. The van der Waals surface area contributed by atoms with Crippen molar-refractivity contribution in [1.29, 1.82) is 0 Å². The van der Waals surface area contributed by atoms with Crippen LogP contribution in [0, 0.1) is 10.1 Å². The van der Waals surface area contributed by atoms with Crippen molar-refractivity contribution in [3.63, 3.8) is 0 Å². The van der Waals surface area contributed by atoms with Crippen LogP contribution in [0.4, 0.5) is 0 Å². The van der Waals surface area contributed by atoms with Gasteiger partial charge < -0.3 is 4.74 Å². The zero-order valence-electron chi connectivity index (χ0n) is 15.3. The highest BCUT2D eigenvalue weighted by molar-refractivity contribution is 5.68. The maximum Gasteiger partial charge on any atom is 0.305 e. The van der Waals surface area contributed by atoms with Gasteiger partial charge in [0.1, 0.15) is 0 Å². The first-order chi connectivity index (χ1) is 11.6. The molecule has 0 aliphatic rings. The lowest BCUT2D eigenvalue weighted by Crippen LogP contribution is -1.99. The Balaban J connectivity index is 3.80. The van der Waals surface area contributed by atoms with Crippen molar-refractivity contribution < 1.29 is 14.5 Å². The molecule has 138 valence electrons. The molecule has 5 heteroatoms. The predicted octanol–water partition coefficient (Wildman–Crippen LogP) is 5.58. The van der Waals surface area contributed by atoms with Crippen LogP contribution in [0.25, 0.3) is 0 Å². The van der Waals surface area contributed by atoms with Gasteiger partial charge in [-0.05, 0) is 38.2 Å². The fourth-order valence-corrected chi connectivity index (χ4v) is 2.38. The highest BCUT2D eigenvalue weighted by Crippen LogP contribution is 2.11. The molecule has 0 fully saturated rings. The number of rotatable bonds is 15. The Morgan fingerprint density at radius 2 is 1.67 bits per heavy atom. The van der Waals surface area contributed by atoms with Crippen molar-refractivity contribution in [2.24, 2.45) is 0 Å². The fraction of sp³-hybridized carbons (Fsp3) is 0.737. The largest absolute Gasteiger partial charge is 0.469 e. The molecule has 0 radical (unpaired) electrons. The van der Waals surface area contributed by atoms with Crippen molar-refractivity contribution in [2.45, 2.75) is 84.0 Å². The van der Waals surface area contributed by atoms with E-state index < -0.39 is 0 Å². The molecule has 0 saturated carbocycles. The molecule has 24 heavy (non-hydrogen) atoms. The highest BCUT2D eigenvalue weighted by atomic mass is 16.6. The van der Waals surface area contributed by atoms with E-state index in [1.807, 2.05) is 12.2 Å². The smallest absolute Gasteiger partial charge is 0.305 e. The van der Waals surface area contributed by atoms with E-state index in [1.54, 1.807) is 6.08 Å². The molecular formula is C19H33NO4. The first-order valence-electron chi connectivity index (χ1n) is 9.17. The van der Waals surface area contributed by atoms with Crippen molar-refractivity contribution in [1.82, 2.24) is 0 Å². The number of ether oxygens (including phenoxy) is 1. The van der Waals surface area contributed by atoms with E-state index in [4.69, 9.17) is 0 Å². The zero-order chi connectivity index (χ0) is 18.0. The van der Waals surface area contributed by atoms with Crippen molar-refractivity contribution in [3.8, 4) is 0 Å². The molecule has 0 bridgehead atoms. The standard InChI is InChI=1S/C19H33NO4/c1-3-4-5-6-9-12-15-18(20(22)23)16-13-10-7-8-11-14-17-19(21)24-2/h9,12,16H,3-8,10-11,13-15,17H2,1-2H3/b12-9-,18-16+. The van der Waals surface area contributed by atoms with Gasteiger partial charge >= 0.3 is 5.97 Å². The molecule has 0 unspecified atom stereocenters. The SMILES string of the molecule is CCCCC/C=C\C/C(=C\CCCCCCCC(=O)OC)[N+](=O)[O-]. The van der Waals surface area contributed by atoms with Gasteiger partial charge in [0.25, 0.3) is 0 Å². The molecule has 0 atom stereocenters. The second kappa shape index (κ2) is 16.2. The number of carbonyl (C=O) groups is 1. The second-order valence-electron chi connectivity index (χ2n) is 6.01. The van der Waals surface area contributed by atoms with E-state index in [1.165, 1.54) is 20.0 Å². The van der Waals surface area contributed by atoms with Crippen LogP contribution in [0.3, 0.4) is 0 Å². The molecule has 0 aromatic heterocycles. The van der Waals surface area contributed by atoms with Gasteiger partial charge in [-0.15, -0.1) is 0 Å². The lowest BCUT2D eigenvalue weighted by atomic mass is 10.1. The van der Waals surface area contributed by atoms with Gasteiger partial charge in [0, 0.05) is 6.42 Å². The second-order valence-corrected chi connectivity index (χ2v) is 6.01. The average molecular weight is 339 g/mol. The monoisotopic (exact) mass is 339 g/mol. The molecular weight excluding hydrogens is 306 g/mol. The minimum absolute atomic E-state index is 0.156. The molecule has 0 amide bonds. The maximum absolute atomic E-state index is 11.0. The van der Waals surface area contributed by atoms with E-state index in [2.05, 4.69) is 11.7 Å². The van der Waals surface area contributed by atoms with Crippen LogP contribution < -0.4 is 0 Å². The Bertz CT molecular complexity index is 402. The van der Waals surface area contributed by atoms with Crippen LogP contribution in [0.5, 0.6) is 0 Å². The molecule has 0 aliphatic carbocycles. The first kappa shape index (κ1) is 22.4. The topological polar surface area (TPSA) is 69.4 Å². The number of hydrogen-bond donors (Lipinski definition) is 0. The summed E-state index contributed by atoms with van der Waals surface area (Å²) in [6, 6.07) is 0. The number of nitrogens with zero attached hydrogens (tertiary/aromatic N) is 1. The number of methoxy groups -OCH3 is 1. The number of unbranched alkanes of at least 4 members (excludes halogenated alkanes) is 8. The van der Waals surface area contributed by atoms with Crippen molar-refractivity contribution in [2.75, 3.05) is 7.11 Å². The maximum atomic E-state index is 11.0. The third-order valence-electron chi connectivity index (χ3n) is 3.90. The Morgan fingerprint density at radius 3 is 2.33 bits per heavy atom.